The van der Waals surface area contributed by atoms with Crippen LogP contribution in [-0.2, 0) is 9.53 Å². The van der Waals surface area contributed by atoms with E-state index in [0.717, 1.165) is 18.4 Å². The van der Waals surface area contributed by atoms with Crippen LogP contribution in [0.3, 0.4) is 0 Å². The molecule has 0 fully saturated rings. The maximum absolute atomic E-state index is 12.6. The third-order valence-electron chi connectivity index (χ3n) is 3.85. The molecule has 1 atom stereocenters. The second kappa shape index (κ2) is 7.00. The van der Waals surface area contributed by atoms with Crippen molar-refractivity contribution in [3.05, 3.63) is 46.1 Å². The first-order valence-corrected chi connectivity index (χ1v) is 8.18. The number of rotatable bonds is 5. The standard InChI is InChI=1S/C16H18ClN5O2/c1-3-4-9-24-15(23)13-10(2)18-16-19-20-21-22(16)14(13)11-5-7-12(17)8-6-11/h5-8,14H,3-4,9H2,1-2H3,(H,18,19,21)/t14-/m1/s1. The Bertz CT molecular complexity index is 769. The summed E-state index contributed by atoms with van der Waals surface area (Å²) in [6.45, 7) is 4.25. The Hall–Kier alpha value is -2.41. The van der Waals surface area contributed by atoms with Gasteiger partial charge in [0, 0.05) is 10.7 Å². The number of esters is 1. The molecule has 1 aliphatic heterocycles. The summed E-state index contributed by atoms with van der Waals surface area (Å²) in [4.78, 5) is 12.6. The van der Waals surface area contributed by atoms with Gasteiger partial charge in [-0.15, -0.1) is 0 Å². The zero-order chi connectivity index (χ0) is 17.1. The zero-order valence-corrected chi connectivity index (χ0v) is 14.2. The van der Waals surface area contributed by atoms with Crippen LogP contribution < -0.4 is 5.32 Å². The molecule has 0 aliphatic carbocycles. The monoisotopic (exact) mass is 347 g/mol. The predicted octanol–water partition coefficient (Wildman–Crippen LogP) is 2.96. The summed E-state index contributed by atoms with van der Waals surface area (Å²) in [5.74, 6) is 0.118. The molecular formula is C16H18ClN5O2. The molecule has 0 bridgehead atoms. The summed E-state index contributed by atoms with van der Waals surface area (Å²) in [6, 6.07) is 6.81. The molecule has 0 unspecified atom stereocenters. The van der Waals surface area contributed by atoms with E-state index in [4.69, 9.17) is 16.3 Å². The first kappa shape index (κ1) is 16.4. The number of halogens is 1. The van der Waals surface area contributed by atoms with Gasteiger partial charge in [0.2, 0.25) is 5.95 Å². The number of hydrogen-bond acceptors (Lipinski definition) is 6. The van der Waals surface area contributed by atoms with E-state index in [1.54, 1.807) is 16.8 Å². The van der Waals surface area contributed by atoms with Crippen molar-refractivity contribution in [3.63, 3.8) is 0 Å². The second-order valence-corrected chi connectivity index (χ2v) is 5.99. The molecule has 0 saturated heterocycles. The Balaban J connectivity index is 2.00. The van der Waals surface area contributed by atoms with Crippen molar-refractivity contribution in [2.24, 2.45) is 0 Å². The first-order chi connectivity index (χ1) is 11.6. The molecule has 126 valence electrons. The van der Waals surface area contributed by atoms with Gasteiger partial charge in [-0.2, -0.15) is 4.68 Å². The van der Waals surface area contributed by atoms with E-state index in [2.05, 4.69) is 20.8 Å². The molecule has 7 nitrogen and oxygen atoms in total. The van der Waals surface area contributed by atoms with Gasteiger partial charge >= 0.3 is 5.97 Å². The lowest BCUT2D eigenvalue weighted by Crippen LogP contribution is -2.29. The van der Waals surface area contributed by atoms with Crippen LogP contribution in [0.5, 0.6) is 0 Å². The number of unbranched alkanes of at least 4 members (excludes halogenated alkanes) is 1. The van der Waals surface area contributed by atoms with Gasteiger partial charge in [0.05, 0.1) is 12.2 Å². The SMILES string of the molecule is CCCCOC(=O)C1=C(C)Nc2nnnn2[C@@H]1c1ccc(Cl)cc1. The fraction of sp³-hybridized carbons (Fsp3) is 0.375. The number of ether oxygens (including phenoxy) is 1. The molecule has 0 radical (unpaired) electrons. The van der Waals surface area contributed by atoms with Gasteiger partial charge in [0.1, 0.15) is 6.04 Å². The van der Waals surface area contributed by atoms with Crippen LogP contribution in [0.1, 0.15) is 38.3 Å². The van der Waals surface area contributed by atoms with Crippen LogP contribution in [0, 0.1) is 0 Å². The van der Waals surface area contributed by atoms with E-state index < -0.39 is 6.04 Å². The summed E-state index contributed by atoms with van der Waals surface area (Å²) < 4.78 is 6.99. The number of carbonyl (C=O) groups is 1. The lowest BCUT2D eigenvalue weighted by molar-refractivity contribution is -0.139. The largest absolute Gasteiger partial charge is 0.462 e. The quantitative estimate of drug-likeness (QED) is 0.661. The average Bonchev–Trinajstić information content (AvgIpc) is 3.02. The number of fused-ring (bicyclic) bond motifs is 1. The van der Waals surface area contributed by atoms with Gasteiger partial charge in [0.25, 0.3) is 0 Å². The minimum absolute atomic E-state index is 0.366. The lowest BCUT2D eigenvalue weighted by atomic mass is 9.96. The van der Waals surface area contributed by atoms with Gasteiger partial charge in [0.15, 0.2) is 0 Å². The molecule has 3 rings (SSSR count). The smallest absolute Gasteiger partial charge is 0.338 e. The summed E-state index contributed by atoms with van der Waals surface area (Å²) in [6.07, 6.45) is 1.79. The molecule has 2 heterocycles. The molecule has 0 amide bonds. The van der Waals surface area contributed by atoms with Crippen LogP contribution in [0.2, 0.25) is 5.02 Å². The molecule has 8 heteroatoms. The number of hydrogen-bond donors (Lipinski definition) is 1. The molecule has 24 heavy (non-hydrogen) atoms. The van der Waals surface area contributed by atoms with Gasteiger partial charge in [-0.05, 0) is 41.5 Å². The highest BCUT2D eigenvalue weighted by molar-refractivity contribution is 6.30. The molecule has 2 aromatic rings. The Morgan fingerprint density at radius 3 is 2.83 bits per heavy atom. The Morgan fingerprint density at radius 2 is 2.12 bits per heavy atom. The molecule has 0 spiro atoms. The molecule has 1 N–H and O–H groups in total. The molecule has 1 aromatic carbocycles. The van der Waals surface area contributed by atoms with E-state index >= 15 is 0 Å². The van der Waals surface area contributed by atoms with Crippen molar-refractivity contribution in [2.75, 3.05) is 11.9 Å². The Kier molecular flexibility index (Phi) is 4.80. The summed E-state index contributed by atoms with van der Waals surface area (Å²) in [7, 11) is 0. The van der Waals surface area contributed by atoms with E-state index in [-0.39, 0.29) is 5.97 Å². The number of nitrogens with one attached hydrogen (secondary N) is 1. The van der Waals surface area contributed by atoms with Crippen molar-refractivity contribution >= 4 is 23.5 Å². The highest BCUT2D eigenvalue weighted by atomic mass is 35.5. The maximum atomic E-state index is 12.6. The van der Waals surface area contributed by atoms with Crippen molar-refractivity contribution in [1.82, 2.24) is 20.2 Å². The zero-order valence-electron chi connectivity index (χ0n) is 13.5. The van der Waals surface area contributed by atoms with Gasteiger partial charge in [-0.25, -0.2) is 4.79 Å². The predicted molar refractivity (Wildman–Crippen MR) is 89.6 cm³/mol. The third-order valence-corrected chi connectivity index (χ3v) is 4.10. The summed E-state index contributed by atoms with van der Waals surface area (Å²) >= 11 is 5.98. The molecule has 1 aliphatic rings. The van der Waals surface area contributed by atoms with Crippen LogP contribution in [0.25, 0.3) is 0 Å². The fourth-order valence-corrected chi connectivity index (χ4v) is 2.74. The normalized spacial score (nSPS) is 16.5. The Morgan fingerprint density at radius 1 is 1.38 bits per heavy atom. The minimum Gasteiger partial charge on any atom is -0.462 e. The van der Waals surface area contributed by atoms with E-state index in [1.165, 1.54) is 0 Å². The van der Waals surface area contributed by atoms with Crippen LogP contribution in [0.4, 0.5) is 5.95 Å². The van der Waals surface area contributed by atoms with Crippen molar-refractivity contribution in [1.29, 1.82) is 0 Å². The molecule has 0 saturated carbocycles. The van der Waals surface area contributed by atoms with Crippen molar-refractivity contribution in [2.45, 2.75) is 32.7 Å². The maximum Gasteiger partial charge on any atom is 0.338 e. The topological polar surface area (TPSA) is 81.9 Å². The molecule has 1 aromatic heterocycles. The number of allylic oxidation sites excluding steroid dienone is 1. The summed E-state index contributed by atoms with van der Waals surface area (Å²) in [5, 5.41) is 15.3. The third kappa shape index (κ3) is 3.12. The summed E-state index contributed by atoms with van der Waals surface area (Å²) in [5.41, 5.74) is 2.03. The number of anilines is 1. The number of aromatic nitrogens is 4. The van der Waals surface area contributed by atoms with Crippen molar-refractivity contribution in [3.8, 4) is 0 Å². The average molecular weight is 348 g/mol. The van der Waals surface area contributed by atoms with Crippen LogP contribution >= 0.6 is 11.6 Å². The van der Waals surface area contributed by atoms with Crippen molar-refractivity contribution < 1.29 is 9.53 Å². The van der Waals surface area contributed by atoms with Gasteiger partial charge in [-0.3, -0.25) is 0 Å². The fourth-order valence-electron chi connectivity index (χ4n) is 2.62. The minimum atomic E-state index is -0.456. The van der Waals surface area contributed by atoms with E-state index in [0.29, 0.717) is 28.8 Å². The lowest BCUT2D eigenvalue weighted by Gasteiger charge is -2.27. The number of benzene rings is 1. The number of nitrogens with zero attached hydrogens (tertiary/aromatic N) is 4. The number of tetrazole rings is 1. The highest BCUT2D eigenvalue weighted by Crippen LogP contribution is 2.35. The van der Waals surface area contributed by atoms with E-state index in [9.17, 15) is 4.79 Å². The van der Waals surface area contributed by atoms with Gasteiger partial charge < -0.3 is 10.1 Å². The first-order valence-electron chi connectivity index (χ1n) is 7.80. The van der Waals surface area contributed by atoms with Gasteiger partial charge in [-0.1, -0.05) is 42.2 Å². The van der Waals surface area contributed by atoms with Crippen LogP contribution in [-0.4, -0.2) is 32.8 Å². The van der Waals surface area contributed by atoms with Crippen LogP contribution in [0.15, 0.2) is 35.5 Å². The Labute approximate surface area is 144 Å². The molecular weight excluding hydrogens is 330 g/mol. The highest BCUT2D eigenvalue weighted by Gasteiger charge is 2.34. The van der Waals surface area contributed by atoms with E-state index in [1.807, 2.05) is 26.0 Å². The second-order valence-electron chi connectivity index (χ2n) is 5.55. The number of carbonyl (C=O) groups excluding carboxylic acids is 1.